The summed E-state index contributed by atoms with van der Waals surface area (Å²) in [6, 6.07) is 0. The van der Waals surface area contributed by atoms with Gasteiger partial charge in [-0.3, -0.25) is 4.79 Å². The SMILES string of the molecule is O=C(CCC1CCCCC1)C1CCCS1. The van der Waals surface area contributed by atoms with E-state index in [2.05, 4.69) is 0 Å². The Kier molecular flexibility index (Phi) is 4.55. The van der Waals surface area contributed by atoms with Crippen LogP contribution < -0.4 is 0 Å². The van der Waals surface area contributed by atoms with Gasteiger partial charge in [-0.05, 0) is 30.9 Å². The van der Waals surface area contributed by atoms with Crippen LogP contribution in [0.5, 0.6) is 0 Å². The minimum atomic E-state index is 0.369. The van der Waals surface area contributed by atoms with Crippen molar-refractivity contribution in [3.63, 3.8) is 0 Å². The summed E-state index contributed by atoms with van der Waals surface area (Å²) >= 11 is 1.89. The van der Waals surface area contributed by atoms with Crippen molar-refractivity contribution in [2.45, 2.75) is 63.0 Å². The summed E-state index contributed by atoms with van der Waals surface area (Å²) in [5.74, 6) is 2.62. The van der Waals surface area contributed by atoms with E-state index in [1.807, 2.05) is 11.8 Å². The molecule has 1 saturated carbocycles. The summed E-state index contributed by atoms with van der Waals surface area (Å²) in [5.41, 5.74) is 0. The Labute approximate surface area is 97.4 Å². The van der Waals surface area contributed by atoms with Crippen molar-refractivity contribution in [3.8, 4) is 0 Å². The second-order valence-electron chi connectivity index (χ2n) is 5.01. The standard InChI is InChI=1S/C13H22OS/c14-12(13-7-4-10-15-13)9-8-11-5-2-1-3-6-11/h11,13H,1-10H2. The molecule has 1 aliphatic carbocycles. The van der Waals surface area contributed by atoms with Crippen LogP contribution in [-0.4, -0.2) is 16.8 Å². The first-order valence-corrected chi connectivity index (χ1v) is 7.55. The van der Waals surface area contributed by atoms with Crippen LogP contribution in [0.1, 0.15) is 57.8 Å². The zero-order valence-corrected chi connectivity index (χ0v) is 10.4. The number of Topliss-reactive ketones (excluding diaryl/α,β-unsaturated/α-hetero) is 1. The molecule has 2 rings (SSSR count). The average molecular weight is 226 g/mol. The smallest absolute Gasteiger partial charge is 0.145 e. The van der Waals surface area contributed by atoms with Gasteiger partial charge in [0.2, 0.25) is 0 Å². The Hall–Kier alpha value is 0.0200. The molecule has 0 amide bonds. The molecule has 2 fully saturated rings. The number of hydrogen-bond acceptors (Lipinski definition) is 2. The maximum Gasteiger partial charge on any atom is 0.145 e. The second kappa shape index (κ2) is 5.93. The second-order valence-corrected chi connectivity index (χ2v) is 6.32. The molecule has 1 atom stereocenters. The van der Waals surface area contributed by atoms with Crippen LogP contribution in [0.4, 0.5) is 0 Å². The van der Waals surface area contributed by atoms with Crippen LogP contribution in [0.2, 0.25) is 0 Å². The number of carbonyl (C=O) groups is 1. The molecule has 86 valence electrons. The summed E-state index contributed by atoms with van der Waals surface area (Å²) in [6.45, 7) is 0. The summed E-state index contributed by atoms with van der Waals surface area (Å²) < 4.78 is 0. The molecule has 0 aromatic carbocycles. The quantitative estimate of drug-likeness (QED) is 0.725. The van der Waals surface area contributed by atoms with Crippen molar-refractivity contribution < 1.29 is 4.79 Å². The molecule has 1 aliphatic heterocycles. The summed E-state index contributed by atoms with van der Waals surface area (Å²) in [6.07, 6.45) is 11.4. The van der Waals surface area contributed by atoms with Crippen LogP contribution in [-0.2, 0) is 4.79 Å². The van der Waals surface area contributed by atoms with Gasteiger partial charge in [0.15, 0.2) is 0 Å². The van der Waals surface area contributed by atoms with Crippen molar-refractivity contribution in [2.24, 2.45) is 5.92 Å². The number of rotatable bonds is 4. The third-order valence-electron chi connectivity index (χ3n) is 3.81. The monoisotopic (exact) mass is 226 g/mol. The molecule has 1 heterocycles. The van der Waals surface area contributed by atoms with Gasteiger partial charge in [-0.15, -0.1) is 0 Å². The van der Waals surface area contributed by atoms with E-state index in [4.69, 9.17) is 0 Å². The molecule has 0 aromatic heterocycles. The topological polar surface area (TPSA) is 17.1 Å². The highest BCUT2D eigenvalue weighted by Crippen LogP contribution is 2.31. The van der Waals surface area contributed by atoms with Gasteiger partial charge in [-0.25, -0.2) is 0 Å². The van der Waals surface area contributed by atoms with Crippen molar-refractivity contribution in [1.82, 2.24) is 0 Å². The third-order valence-corrected chi connectivity index (χ3v) is 5.24. The van der Waals surface area contributed by atoms with Crippen molar-refractivity contribution in [2.75, 3.05) is 5.75 Å². The lowest BCUT2D eigenvalue weighted by molar-refractivity contribution is -0.118. The van der Waals surface area contributed by atoms with Gasteiger partial charge in [0, 0.05) is 6.42 Å². The van der Waals surface area contributed by atoms with Gasteiger partial charge in [-0.1, -0.05) is 32.1 Å². The lowest BCUT2D eigenvalue weighted by Gasteiger charge is -2.21. The van der Waals surface area contributed by atoms with E-state index in [1.54, 1.807) is 0 Å². The summed E-state index contributed by atoms with van der Waals surface area (Å²) in [5, 5.41) is 0.369. The average Bonchev–Trinajstić information content (AvgIpc) is 2.81. The number of carbonyl (C=O) groups excluding carboxylic acids is 1. The molecule has 0 N–H and O–H groups in total. The Balaban J connectivity index is 1.65. The lowest BCUT2D eigenvalue weighted by atomic mass is 9.85. The Morgan fingerprint density at radius 1 is 1.07 bits per heavy atom. The molecule has 0 radical (unpaired) electrons. The fourth-order valence-corrected chi connectivity index (χ4v) is 4.07. The predicted molar refractivity (Wildman–Crippen MR) is 66.3 cm³/mol. The van der Waals surface area contributed by atoms with Gasteiger partial charge in [0.25, 0.3) is 0 Å². The van der Waals surface area contributed by atoms with Crippen molar-refractivity contribution >= 4 is 17.5 Å². The highest BCUT2D eigenvalue weighted by atomic mass is 32.2. The van der Waals surface area contributed by atoms with Crippen LogP contribution in [0.3, 0.4) is 0 Å². The van der Waals surface area contributed by atoms with Gasteiger partial charge >= 0.3 is 0 Å². The highest BCUT2D eigenvalue weighted by Gasteiger charge is 2.24. The van der Waals surface area contributed by atoms with E-state index >= 15 is 0 Å². The van der Waals surface area contributed by atoms with E-state index in [9.17, 15) is 4.79 Å². The van der Waals surface area contributed by atoms with Crippen molar-refractivity contribution in [3.05, 3.63) is 0 Å². The molecule has 1 saturated heterocycles. The van der Waals surface area contributed by atoms with E-state index < -0.39 is 0 Å². The number of thioether (sulfide) groups is 1. The van der Waals surface area contributed by atoms with E-state index in [1.165, 1.54) is 50.7 Å². The Morgan fingerprint density at radius 2 is 1.87 bits per heavy atom. The lowest BCUT2D eigenvalue weighted by Crippen LogP contribution is -2.16. The first-order valence-electron chi connectivity index (χ1n) is 6.50. The molecular weight excluding hydrogens is 204 g/mol. The largest absolute Gasteiger partial charge is 0.298 e. The first kappa shape index (κ1) is 11.5. The number of hydrogen-bond donors (Lipinski definition) is 0. The van der Waals surface area contributed by atoms with E-state index in [0.717, 1.165) is 18.8 Å². The minimum Gasteiger partial charge on any atom is -0.298 e. The third kappa shape index (κ3) is 3.51. The molecule has 0 aromatic rings. The molecule has 0 bridgehead atoms. The molecule has 1 nitrogen and oxygen atoms in total. The summed E-state index contributed by atoms with van der Waals surface area (Å²) in [7, 11) is 0. The molecule has 15 heavy (non-hydrogen) atoms. The van der Waals surface area contributed by atoms with Crippen LogP contribution in [0, 0.1) is 5.92 Å². The number of ketones is 1. The predicted octanol–water partition coefficient (Wildman–Crippen LogP) is 3.81. The van der Waals surface area contributed by atoms with E-state index in [-0.39, 0.29) is 0 Å². The van der Waals surface area contributed by atoms with E-state index in [0.29, 0.717) is 11.0 Å². The molecule has 0 spiro atoms. The zero-order chi connectivity index (χ0) is 10.5. The molecule has 2 aliphatic rings. The fourth-order valence-electron chi connectivity index (χ4n) is 2.81. The molecule has 2 heteroatoms. The maximum atomic E-state index is 11.9. The molecular formula is C13H22OS. The first-order chi connectivity index (χ1) is 7.36. The van der Waals surface area contributed by atoms with Gasteiger partial charge in [0.05, 0.1) is 5.25 Å². The Bertz CT molecular complexity index is 203. The normalized spacial score (nSPS) is 28.1. The summed E-state index contributed by atoms with van der Waals surface area (Å²) in [4.78, 5) is 11.9. The Morgan fingerprint density at radius 3 is 2.53 bits per heavy atom. The zero-order valence-electron chi connectivity index (χ0n) is 9.54. The molecule has 1 unspecified atom stereocenters. The van der Waals surface area contributed by atoms with Crippen molar-refractivity contribution in [1.29, 1.82) is 0 Å². The van der Waals surface area contributed by atoms with Gasteiger partial charge in [0.1, 0.15) is 5.78 Å². The highest BCUT2D eigenvalue weighted by molar-refractivity contribution is 8.00. The van der Waals surface area contributed by atoms with Crippen LogP contribution in [0.15, 0.2) is 0 Å². The van der Waals surface area contributed by atoms with Gasteiger partial charge in [-0.2, -0.15) is 11.8 Å². The van der Waals surface area contributed by atoms with Crippen LogP contribution in [0.25, 0.3) is 0 Å². The minimum absolute atomic E-state index is 0.369. The van der Waals surface area contributed by atoms with Crippen LogP contribution >= 0.6 is 11.8 Å². The van der Waals surface area contributed by atoms with Gasteiger partial charge < -0.3 is 0 Å². The fraction of sp³-hybridized carbons (Fsp3) is 0.923. The maximum absolute atomic E-state index is 11.9.